The van der Waals surface area contributed by atoms with Gasteiger partial charge in [-0.25, -0.2) is 4.99 Å². The molecule has 0 aliphatic carbocycles. The molecule has 1 fully saturated rings. The van der Waals surface area contributed by atoms with E-state index in [9.17, 15) is 0 Å². The molecule has 0 amide bonds. The number of para-hydroxylation sites is 2. The summed E-state index contributed by atoms with van der Waals surface area (Å²) in [5.41, 5.74) is 6.09. The lowest BCUT2D eigenvalue weighted by molar-refractivity contribution is 0.0969. The molecule has 0 spiro atoms. The number of guanidine groups is 1. The number of halogens is 1. The Bertz CT molecular complexity index is 516. The first-order chi connectivity index (χ1) is 10.2. The summed E-state index contributed by atoms with van der Waals surface area (Å²) in [7, 11) is 0. The Labute approximate surface area is 148 Å². The van der Waals surface area contributed by atoms with Gasteiger partial charge in [-0.3, -0.25) is 0 Å². The van der Waals surface area contributed by atoms with Crippen molar-refractivity contribution >= 4 is 29.9 Å². The highest BCUT2D eigenvalue weighted by Gasteiger charge is 2.21. The molecule has 122 valence electrons. The number of rotatable bonds is 2. The molecule has 1 aromatic carbocycles. The number of hydrogen-bond acceptors (Lipinski definition) is 3. The largest absolute Gasteiger partial charge is 0.486 e. The number of benzene rings is 1. The van der Waals surface area contributed by atoms with E-state index in [1.165, 1.54) is 12.8 Å². The van der Waals surface area contributed by atoms with Gasteiger partial charge >= 0.3 is 0 Å². The molecule has 2 N–H and O–H groups in total. The lowest BCUT2D eigenvalue weighted by atomic mass is 10.00. The van der Waals surface area contributed by atoms with Gasteiger partial charge in [0.15, 0.2) is 23.6 Å². The zero-order valence-electron chi connectivity index (χ0n) is 12.9. The molecule has 0 bridgehead atoms. The van der Waals surface area contributed by atoms with Gasteiger partial charge in [-0.1, -0.05) is 19.1 Å². The monoisotopic (exact) mass is 417 g/mol. The Kier molecular flexibility index (Phi) is 6.16. The van der Waals surface area contributed by atoms with E-state index in [1.807, 2.05) is 24.3 Å². The zero-order chi connectivity index (χ0) is 14.7. The fourth-order valence-electron chi connectivity index (χ4n) is 2.69. The van der Waals surface area contributed by atoms with Crippen molar-refractivity contribution in [2.75, 3.05) is 26.2 Å². The second-order valence-electron chi connectivity index (χ2n) is 5.87. The summed E-state index contributed by atoms with van der Waals surface area (Å²) < 4.78 is 11.6. The number of nitrogens with two attached hydrogens (primary N) is 1. The molecule has 0 aromatic heterocycles. The van der Waals surface area contributed by atoms with Crippen LogP contribution in [0.2, 0.25) is 0 Å². The van der Waals surface area contributed by atoms with E-state index in [4.69, 9.17) is 15.2 Å². The maximum atomic E-state index is 6.09. The summed E-state index contributed by atoms with van der Waals surface area (Å²) in [6, 6.07) is 7.71. The molecule has 1 unspecified atom stereocenters. The average molecular weight is 417 g/mol. The van der Waals surface area contributed by atoms with Gasteiger partial charge in [0.05, 0.1) is 6.54 Å². The second-order valence-corrected chi connectivity index (χ2v) is 5.87. The van der Waals surface area contributed by atoms with Crippen LogP contribution in [0.15, 0.2) is 29.3 Å². The summed E-state index contributed by atoms with van der Waals surface area (Å²) in [4.78, 5) is 6.65. The average Bonchev–Trinajstić information content (AvgIpc) is 2.53. The fourth-order valence-corrected chi connectivity index (χ4v) is 2.69. The van der Waals surface area contributed by atoms with Gasteiger partial charge < -0.3 is 20.1 Å². The molecule has 1 atom stereocenters. The van der Waals surface area contributed by atoms with Crippen LogP contribution in [0.4, 0.5) is 0 Å². The molecular formula is C16H24IN3O2. The first-order valence-electron chi connectivity index (χ1n) is 7.65. The third-order valence-electron chi connectivity index (χ3n) is 4.13. The van der Waals surface area contributed by atoms with Gasteiger partial charge in [0.1, 0.15) is 6.61 Å². The van der Waals surface area contributed by atoms with Gasteiger partial charge in [0.25, 0.3) is 0 Å². The summed E-state index contributed by atoms with van der Waals surface area (Å²) in [6.07, 6.45) is 2.31. The molecule has 6 heteroatoms. The predicted octanol–water partition coefficient (Wildman–Crippen LogP) is 2.49. The highest BCUT2D eigenvalue weighted by molar-refractivity contribution is 14.0. The van der Waals surface area contributed by atoms with E-state index in [2.05, 4.69) is 16.8 Å². The van der Waals surface area contributed by atoms with Crippen LogP contribution in [0.3, 0.4) is 0 Å². The Balaban J connectivity index is 0.00000176. The summed E-state index contributed by atoms with van der Waals surface area (Å²) in [5, 5.41) is 0. The summed E-state index contributed by atoms with van der Waals surface area (Å²) in [6.45, 7) is 5.34. The van der Waals surface area contributed by atoms with E-state index in [-0.39, 0.29) is 30.1 Å². The Morgan fingerprint density at radius 2 is 1.95 bits per heavy atom. The van der Waals surface area contributed by atoms with Crippen LogP contribution < -0.4 is 15.2 Å². The second kappa shape index (κ2) is 7.89. The van der Waals surface area contributed by atoms with Crippen molar-refractivity contribution in [1.29, 1.82) is 0 Å². The molecular weight excluding hydrogens is 393 g/mol. The molecule has 2 aliphatic heterocycles. The topological polar surface area (TPSA) is 60.1 Å². The predicted molar refractivity (Wildman–Crippen MR) is 98.2 cm³/mol. The van der Waals surface area contributed by atoms with Crippen LogP contribution in [0.25, 0.3) is 0 Å². The molecule has 1 saturated heterocycles. The minimum Gasteiger partial charge on any atom is -0.486 e. The molecule has 3 rings (SSSR count). The van der Waals surface area contributed by atoms with Crippen LogP contribution in [-0.4, -0.2) is 43.2 Å². The van der Waals surface area contributed by atoms with Crippen molar-refractivity contribution in [3.05, 3.63) is 24.3 Å². The maximum Gasteiger partial charge on any atom is 0.191 e. The van der Waals surface area contributed by atoms with Crippen molar-refractivity contribution in [1.82, 2.24) is 4.90 Å². The molecule has 0 saturated carbocycles. The highest BCUT2D eigenvalue weighted by atomic mass is 127. The van der Waals surface area contributed by atoms with Crippen molar-refractivity contribution in [2.45, 2.75) is 25.9 Å². The first-order valence-corrected chi connectivity index (χ1v) is 7.65. The number of piperidine rings is 1. The molecule has 2 heterocycles. The summed E-state index contributed by atoms with van der Waals surface area (Å²) in [5.74, 6) is 3.01. The van der Waals surface area contributed by atoms with E-state index < -0.39 is 0 Å². The number of nitrogens with zero attached hydrogens (tertiary/aromatic N) is 2. The number of likely N-dealkylation sites (tertiary alicyclic amines) is 1. The van der Waals surface area contributed by atoms with Crippen LogP contribution in [0.5, 0.6) is 11.5 Å². The zero-order valence-corrected chi connectivity index (χ0v) is 15.2. The van der Waals surface area contributed by atoms with Gasteiger partial charge in [0, 0.05) is 13.1 Å². The summed E-state index contributed by atoms with van der Waals surface area (Å²) >= 11 is 0. The normalized spacial score (nSPS) is 22.1. The van der Waals surface area contributed by atoms with E-state index in [0.29, 0.717) is 19.1 Å². The van der Waals surface area contributed by atoms with E-state index in [1.54, 1.807) is 0 Å². The van der Waals surface area contributed by atoms with Gasteiger partial charge in [0.2, 0.25) is 0 Å². The number of ether oxygens (including phenoxy) is 2. The Morgan fingerprint density at radius 3 is 2.68 bits per heavy atom. The first kappa shape index (κ1) is 17.2. The standard InChI is InChI=1S/C16H23N3O2.HI/c1-12-6-8-19(9-7-12)16(17)18-10-13-11-20-14-4-2-3-5-15(14)21-13;/h2-5,12-13H,6-11H2,1H3,(H2,17,18);1H. The fraction of sp³-hybridized carbons (Fsp3) is 0.562. The number of fused-ring (bicyclic) bond motifs is 1. The van der Waals surface area contributed by atoms with E-state index >= 15 is 0 Å². The van der Waals surface area contributed by atoms with Crippen LogP contribution >= 0.6 is 24.0 Å². The lowest BCUT2D eigenvalue weighted by Crippen LogP contribution is -2.43. The minimum atomic E-state index is -0.0674. The van der Waals surface area contributed by atoms with Gasteiger partial charge in [-0.05, 0) is 30.9 Å². The van der Waals surface area contributed by atoms with Crippen molar-refractivity contribution in [2.24, 2.45) is 16.6 Å². The number of hydrogen-bond donors (Lipinski definition) is 1. The van der Waals surface area contributed by atoms with Crippen LogP contribution in [0.1, 0.15) is 19.8 Å². The maximum absolute atomic E-state index is 6.09. The third kappa shape index (κ3) is 4.18. The van der Waals surface area contributed by atoms with Gasteiger partial charge in [-0.2, -0.15) is 0 Å². The smallest absolute Gasteiger partial charge is 0.191 e. The lowest BCUT2D eigenvalue weighted by Gasteiger charge is -2.31. The highest BCUT2D eigenvalue weighted by Crippen LogP contribution is 2.30. The van der Waals surface area contributed by atoms with Crippen molar-refractivity contribution in [3.8, 4) is 11.5 Å². The minimum absolute atomic E-state index is 0. The quantitative estimate of drug-likeness (QED) is 0.457. The van der Waals surface area contributed by atoms with Crippen molar-refractivity contribution in [3.63, 3.8) is 0 Å². The third-order valence-corrected chi connectivity index (χ3v) is 4.13. The molecule has 5 nitrogen and oxygen atoms in total. The molecule has 2 aliphatic rings. The van der Waals surface area contributed by atoms with Gasteiger partial charge in [-0.15, -0.1) is 24.0 Å². The Morgan fingerprint density at radius 1 is 1.27 bits per heavy atom. The van der Waals surface area contributed by atoms with E-state index in [0.717, 1.165) is 30.5 Å². The molecule has 1 aromatic rings. The Hall–Kier alpha value is -1.18. The van der Waals surface area contributed by atoms with Crippen molar-refractivity contribution < 1.29 is 9.47 Å². The molecule has 22 heavy (non-hydrogen) atoms. The van der Waals surface area contributed by atoms with Crippen LogP contribution in [0, 0.1) is 5.92 Å². The number of aliphatic imine (C=N–C) groups is 1. The SMILES string of the molecule is CC1CCN(C(N)=NCC2COc3ccccc3O2)CC1.I. The van der Waals surface area contributed by atoms with Crippen LogP contribution in [-0.2, 0) is 0 Å². The molecule has 0 radical (unpaired) electrons.